The lowest BCUT2D eigenvalue weighted by molar-refractivity contribution is -0.119. The lowest BCUT2D eigenvalue weighted by atomic mass is 10.1. The van der Waals surface area contributed by atoms with Gasteiger partial charge in [-0.25, -0.2) is 8.42 Å². The van der Waals surface area contributed by atoms with E-state index in [0.29, 0.717) is 12.2 Å². The van der Waals surface area contributed by atoms with Crippen molar-refractivity contribution in [2.75, 3.05) is 22.0 Å². The van der Waals surface area contributed by atoms with E-state index in [0.717, 1.165) is 35.9 Å². The Balaban J connectivity index is 1.93. The summed E-state index contributed by atoms with van der Waals surface area (Å²) in [6, 6.07) is 14.3. The molecule has 1 heterocycles. The number of carbonyl (C=O) groups excluding carboxylic acids is 1. The second-order valence-corrected chi connectivity index (χ2v) is 8.48. The maximum absolute atomic E-state index is 13.1. The van der Waals surface area contributed by atoms with Crippen molar-refractivity contribution in [2.24, 2.45) is 0 Å². The summed E-state index contributed by atoms with van der Waals surface area (Å²) in [5.41, 5.74) is 3.62. The number of amides is 1. The quantitative estimate of drug-likeness (QED) is 0.811. The normalized spacial score (nSPS) is 14.8. The van der Waals surface area contributed by atoms with Crippen LogP contribution in [-0.2, 0) is 27.7 Å². The number of sulfonamides is 1. The van der Waals surface area contributed by atoms with Gasteiger partial charge < -0.3 is 4.90 Å². The van der Waals surface area contributed by atoms with E-state index in [-0.39, 0.29) is 5.91 Å². The topological polar surface area (TPSA) is 57.7 Å². The lowest BCUT2D eigenvalue weighted by Crippen LogP contribution is -2.49. The second-order valence-electron chi connectivity index (χ2n) is 6.62. The molecule has 3 rings (SSSR count). The molecular formula is C20H24N2O3S. The zero-order chi connectivity index (χ0) is 18.9. The molecule has 1 atom stereocenters. The summed E-state index contributed by atoms with van der Waals surface area (Å²) in [6.07, 6.45) is 2.80. The van der Waals surface area contributed by atoms with Gasteiger partial charge in [0.15, 0.2) is 0 Å². The molecular weight excluding hydrogens is 348 g/mol. The summed E-state index contributed by atoms with van der Waals surface area (Å²) < 4.78 is 26.1. The van der Waals surface area contributed by atoms with Crippen LogP contribution in [-0.4, -0.2) is 33.2 Å². The Hall–Kier alpha value is -2.34. The molecule has 1 aliphatic heterocycles. The number of fused-ring (bicyclic) bond motifs is 1. The standard InChI is InChI=1S/C20H24N2O3S/c1-4-16-9-11-18(12-10-16)22(26(3,24)25)15(2)20(23)21-14-13-17-7-5-6-8-19(17)21/h5-12,15H,4,13-14H2,1-3H3/t15-/m0/s1. The highest BCUT2D eigenvalue weighted by Crippen LogP contribution is 2.30. The van der Waals surface area contributed by atoms with Crippen molar-refractivity contribution >= 4 is 27.3 Å². The molecule has 26 heavy (non-hydrogen) atoms. The number of rotatable bonds is 5. The van der Waals surface area contributed by atoms with E-state index >= 15 is 0 Å². The largest absolute Gasteiger partial charge is 0.310 e. The average Bonchev–Trinajstić information content (AvgIpc) is 3.04. The Kier molecular flexibility index (Phi) is 5.05. The average molecular weight is 372 g/mol. The van der Waals surface area contributed by atoms with Crippen LogP contribution in [0.15, 0.2) is 48.5 Å². The van der Waals surface area contributed by atoms with E-state index in [9.17, 15) is 13.2 Å². The zero-order valence-electron chi connectivity index (χ0n) is 15.3. The van der Waals surface area contributed by atoms with Crippen molar-refractivity contribution < 1.29 is 13.2 Å². The molecule has 0 spiro atoms. The molecule has 6 heteroatoms. The summed E-state index contributed by atoms with van der Waals surface area (Å²) in [6.45, 7) is 4.27. The summed E-state index contributed by atoms with van der Waals surface area (Å²) in [4.78, 5) is 14.8. The van der Waals surface area contributed by atoms with Crippen molar-refractivity contribution in [2.45, 2.75) is 32.7 Å². The van der Waals surface area contributed by atoms with Gasteiger partial charge in [-0.1, -0.05) is 37.3 Å². The smallest absolute Gasteiger partial charge is 0.250 e. The second kappa shape index (κ2) is 7.11. The first-order chi connectivity index (χ1) is 12.3. The summed E-state index contributed by atoms with van der Waals surface area (Å²) in [5.74, 6) is -0.208. The number of carbonyl (C=O) groups is 1. The first-order valence-corrected chi connectivity index (χ1v) is 10.7. The monoisotopic (exact) mass is 372 g/mol. The Bertz CT molecular complexity index is 907. The van der Waals surface area contributed by atoms with E-state index in [1.54, 1.807) is 24.0 Å². The van der Waals surface area contributed by atoms with Crippen LogP contribution < -0.4 is 9.21 Å². The highest BCUT2D eigenvalue weighted by Gasteiger charge is 2.34. The molecule has 0 bridgehead atoms. The lowest BCUT2D eigenvalue weighted by Gasteiger charge is -2.31. The number of anilines is 2. The molecule has 138 valence electrons. The zero-order valence-corrected chi connectivity index (χ0v) is 16.2. The molecule has 0 N–H and O–H groups in total. The van der Waals surface area contributed by atoms with Crippen molar-refractivity contribution in [1.29, 1.82) is 0 Å². The van der Waals surface area contributed by atoms with Gasteiger partial charge in [-0.05, 0) is 49.1 Å². The van der Waals surface area contributed by atoms with Gasteiger partial charge in [-0.15, -0.1) is 0 Å². The Morgan fingerprint density at radius 3 is 2.42 bits per heavy atom. The SMILES string of the molecule is CCc1ccc(N([C@@H](C)C(=O)N2CCc3ccccc32)S(C)(=O)=O)cc1. The summed E-state index contributed by atoms with van der Waals surface area (Å²) in [5, 5.41) is 0. The predicted molar refractivity (Wildman–Crippen MR) is 105 cm³/mol. The third-order valence-electron chi connectivity index (χ3n) is 4.82. The number of nitrogens with zero attached hydrogens (tertiary/aromatic N) is 2. The van der Waals surface area contributed by atoms with Crippen molar-refractivity contribution in [3.63, 3.8) is 0 Å². The first-order valence-electron chi connectivity index (χ1n) is 8.80. The van der Waals surface area contributed by atoms with Crippen molar-refractivity contribution in [3.8, 4) is 0 Å². The maximum Gasteiger partial charge on any atom is 0.250 e. The first kappa shape index (κ1) is 18.5. The van der Waals surface area contributed by atoms with Crippen LogP contribution in [0.5, 0.6) is 0 Å². The van der Waals surface area contributed by atoms with Crippen molar-refractivity contribution in [3.05, 3.63) is 59.7 Å². The van der Waals surface area contributed by atoms with Crippen LogP contribution in [0.4, 0.5) is 11.4 Å². The minimum absolute atomic E-state index is 0.208. The molecule has 2 aromatic carbocycles. The predicted octanol–water partition coefficient (Wildman–Crippen LogP) is 2.99. The van der Waals surface area contributed by atoms with Gasteiger partial charge in [0.2, 0.25) is 10.0 Å². The van der Waals surface area contributed by atoms with E-state index in [2.05, 4.69) is 0 Å². The van der Waals surface area contributed by atoms with E-state index < -0.39 is 16.1 Å². The molecule has 2 aromatic rings. The van der Waals surface area contributed by atoms with Crippen LogP contribution in [0.3, 0.4) is 0 Å². The molecule has 0 unspecified atom stereocenters. The van der Waals surface area contributed by atoms with Gasteiger partial charge in [0.05, 0.1) is 11.9 Å². The molecule has 1 amide bonds. The van der Waals surface area contributed by atoms with Gasteiger partial charge in [0.1, 0.15) is 6.04 Å². The molecule has 0 fully saturated rings. The highest BCUT2D eigenvalue weighted by atomic mass is 32.2. The fourth-order valence-corrected chi connectivity index (χ4v) is 4.64. The number of aryl methyl sites for hydroxylation is 1. The molecule has 0 saturated carbocycles. The van der Waals surface area contributed by atoms with Crippen LogP contribution >= 0.6 is 0 Å². The number of benzene rings is 2. The molecule has 1 aliphatic rings. The Morgan fingerprint density at radius 1 is 1.15 bits per heavy atom. The fourth-order valence-electron chi connectivity index (χ4n) is 3.47. The van der Waals surface area contributed by atoms with Gasteiger partial charge in [0, 0.05) is 12.2 Å². The summed E-state index contributed by atoms with van der Waals surface area (Å²) in [7, 11) is -3.60. The number of hydrogen-bond donors (Lipinski definition) is 0. The number of para-hydroxylation sites is 1. The van der Waals surface area contributed by atoms with Gasteiger partial charge >= 0.3 is 0 Å². The molecule has 0 aromatic heterocycles. The maximum atomic E-state index is 13.1. The highest BCUT2D eigenvalue weighted by molar-refractivity contribution is 7.92. The van der Waals surface area contributed by atoms with Gasteiger partial charge in [-0.2, -0.15) is 0 Å². The molecule has 0 aliphatic carbocycles. The van der Waals surface area contributed by atoms with E-state index in [1.165, 1.54) is 4.31 Å². The van der Waals surface area contributed by atoms with Crippen LogP contribution in [0.25, 0.3) is 0 Å². The van der Waals surface area contributed by atoms with Crippen molar-refractivity contribution in [1.82, 2.24) is 0 Å². The molecule has 0 saturated heterocycles. The Labute approximate surface area is 155 Å². The fraction of sp³-hybridized carbons (Fsp3) is 0.350. The third kappa shape index (κ3) is 3.46. The van der Waals surface area contributed by atoms with Crippen LogP contribution in [0.1, 0.15) is 25.0 Å². The minimum atomic E-state index is -3.60. The van der Waals surface area contributed by atoms with Gasteiger partial charge in [-0.3, -0.25) is 9.10 Å². The molecule has 5 nitrogen and oxygen atoms in total. The molecule has 0 radical (unpaired) electrons. The summed E-state index contributed by atoms with van der Waals surface area (Å²) >= 11 is 0. The van der Waals surface area contributed by atoms with E-state index in [4.69, 9.17) is 0 Å². The van der Waals surface area contributed by atoms with Crippen LogP contribution in [0.2, 0.25) is 0 Å². The third-order valence-corrected chi connectivity index (χ3v) is 6.06. The van der Waals surface area contributed by atoms with Crippen LogP contribution in [0, 0.1) is 0 Å². The minimum Gasteiger partial charge on any atom is -0.310 e. The van der Waals surface area contributed by atoms with E-state index in [1.807, 2.05) is 43.3 Å². The van der Waals surface area contributed by atoms with Gasteiger partial charge in [0.25, 0.3) is 5.91 Å². The Morgan fingerprint density at radius 2 is 1.81 bits per heavy atom. The number of hydrogen-bond acceptors (Lipinski definition) is 3.